The zero-order chi connectivity index (χ0) is 15.5. The number of nitrogens with zero attached hydrogens (tertiary/aromatic N) is 3. The van der Waals surface area contributed by atoms with Crippen LogP contribution in [-0.2, 0) is 0 Å². The van der Waals surface area contributed by atoms with E-state index in [1.54, 1.807) is 22.7 Å². The van der Waals surface area contributed by atoms with Crippen LogP contribution in [0.5, 0.6) is 0 Å². The third-order valence-electron chi connectivity index (χ3n) is 3.30. The van der Waals surface area contributed by atoms with E-state index in [1.807, 2.05) is 29.9 Å². The Labute approximate surface area is 137 Å². The lowest BCUT2D eigenvalue weighted by Crippen LogP contribution is -2.11. The maximum absolute atomic E-state index is 4.70. The van der Waals surface area contributed by atoms with Crippen LogP contribution in [0.2, 0.25) is 0 Å². The summed E-state index contributed by atoms with van der Waals surface area (Å²) in [6.45, 7) is 6.22. The number of hydrogen-bond acceptors (Lipinski definition) is 4. The van der Waals surface area contributed by atoms with Gasteiger partial charge in [-0.3, -0.25) is 0 Å². The zero-order valence-electron chi connectivity index (χ0n) is 12.8. The van der Waals surface area contributed by atoms with Gasteiger partial charge in [0, 0.05) is 5.38 Å². The first-order chi connectivity index (χ1) is 10.6. The molecule has 3 rings (SSSR count). The molecular formula is C17H17N3S2. The third-order valence-corrected chi connectivity index (χ3v) is 5.19. The van der Waals surface area contributed by atoms with Crippen molar-refractivity contribution in [3.05, 3.63) is 67.6 Å². The monoisotopic (exact) mass is 327 g/mol. The van der Waals surface area contributed by atoms with Crippen molar-refractivity contribution in [1.29, 1.82) is 0 Å². The minimum atomic E-state index is 0.881. The average Bonchev–Trinajstić information content (AvgIpc) is 3.06. The maximum Gasteiger partial charge on any atom is 0.211 e. The Morgan fingerprint density at radius 2 is 1.77 bits per heavy atom. The average molecular weight is 327 g/mol. The molecular weight excluding hydrogens is 310 g/mol. The minimum absolute atomic E-state index is 0.881. The molecule has 22 heavy (non-hydrogen) atoms. The van der Waals surface area contributed by atoms with E-state index in [0.717, 1.165) is 16.2 Å². The molecule has 0 aliphatic rings. The van der Waals surface area contributed by atoms with Crippen LogP contribution >= 0.6 is 22.7 Å². The van der Waals surface area contributed by atoms with E-state index in [1.165, 1.54) is 16.0 Å². The fourth-order valence-electron chi connectivity index (χ4n) is 1.96. The second-order valence-corrected chi connectivity index (χ2v) is 6.92. The summed E-state index contributed by atoms with van der Waals surface area (Å²) in [5.74, 6) is 0. The van der Waals surface area contributed by atoms with Gasteiger partial charge in [-0.2, -0.15) is 5.10 Å². The number of thiazole rings is 1. The van der Waals surface area contributed by atoms with E-state index in [9.17, 15) is 0 Å². The van der Waals surface area contributed by atoms with Crippen molar-refractivity contribution in [3.8, 4) is 0 Å². The highest BCUT2D eigenvalue weighted by molar-refractivity contribution is 7.11. The highest BCUT2D eigenvalue weighted by Gasteiger charge is 2.01. The van der Waals surface area contributed by atoms with E-state index < -0.39 is 0 Å². The highest BCUT2D eigenvalue weighted by atomic mass is 32.1. The van der Waals surface area contributed by atoms with Gasteiger partial charge < -0.3 is 0 Å². The summed E-state index contributed by atoms with van der Waals surface area (Å²) in [4.78, 5) is 6.76. The fraction of sp³-hybridized carbons (Fsp3) is 0.176. The van der Waals surface area contributed by atoms with E-state index in [-0.39, 0.29) is 0 Å². The second kappa shape index (κ2) is 6.42. The van der Waals surface area contributed by atoms with Gasteiger partial charge >= 0.3 is 0 Å². The zero-order valence-corrected chi connectivity index (χ0v) is 14.4. The van der Waals surface area contributed by atoms with Crippen molar-refractivity contribution in [3.63, 3.8) is 0 Å². The van der Waals surface area contributed by atoms with Crippen molar-refractivity contribution in [2.75, 3.05) is 0 Å². The molecule has 0 fully saturated rings. The summed E-state index contributed by atoms with van der Waals surface area (Å²) < 4.78 is 1.89. The summed E-state index contributed by atoms with van der Waals surface area (Å²) >= 11 is 3.30. The van der Waals surface area contributed by atoms with Gasteiger partial charge in [0.2, 0.25) is 4.80 Å². The minimum Gasteiger partial charge on any atom is -0.220 e. The Balaban J connectivity index is 1.99. The Morgan fingerprint density at radius 3 is 2.45 bits per heavy atom. The molecule has 3 aromatic rings. The van der Waals surface area contributed by atoms with Crippen LogP contribution in [-0.4, -0.2) is 10.9 Å². The lowest BCUT2D eigenvalue weighted by molar-refractivity contribution is 0.810. The Hall–Kier alpha value is -1.98. The summed E-state index contributed by atoms with van der Waals surface area (Å²) in [6, 6.07) is 10.3. The Bertz CT molecular complexity index is 864. The predicted octanol–water partition coefficient (Wildman–Crippen LogP) is 4.65. The van der Waals surface area contributed by atoms with Crippen molar-refractivity contribution in [1.82, 2.24) is 4.68 Å². The maximum atomic E-state index is 4.70. The number of aromatic nitrogens is 1. The van der Waals surface area contributed by atoms with E-state index in [2.05, 4.69) is 47.9 Å². The van der Waals surface area contributed by atoms with Gasteiger partial charge in [-0.15, -0.1) is 22.7 Å². The molecule has 0 saturated carbocycles. The van der Waals surface area contributed by atoms with Crippen molar-refractivity contribution >= 4 is 34.6 Å². The quantitative estimate of drug-likeness (QED) is 0.627. The van der Waals surface area contributed by atoms with E-state index >= 15 is 0 Å². The first-order valence-electron chi connectivity index (χ1n) is 7.00. The van der Waals surface area contributed by atoms with Crippen LogP contribution in [0.4, 0.5) is 5.69 Å². The van der Waals surface area contributed by atoms with Gasteiger partial charge in [-0.05, 0) is 49.9 Å². The Kier molecular flexibility index (Phi) is 4.36. The van der Waals surface area contributed by atoms with E-state index in [0.29, 0.717) is 0 Å². The topological polar surface area (TPSA) is 29.6 Å². The van der Waals surface area contributed by atoms with Crippen LogP contribution in [0.3, 0.4) is 0 Å². The first kappa shape index (κ1) is 14.9. The molecule has 2 heterocycles. The molecule has 3 nitrogen and oxygen atoms in total. The van der Waals surface area contributed by atoms with Gasteiger partial charge in [0.25, 0.3) is 0 Å². The van der Waals surface area contributed by atoms with Crippen molar-refractivity contribution in [2.45, 2.75) is 20.8 Å². The molecule has 112 valence electrons. The standard InChI is InChI=1S/C17H17N3S2/c1-12-4-6-15(7-5-12)19-17-20(14(3)11-22-17)18-10-16-13(2)8-9-21-16/h4-11H,1-3H3. The second-order valence-electron chi connectivity index (χ2n) is 5.13. The van der Waals surface area contributed by atoms with Gasteiger partial charge in [0.15, 0.2) is 0 Å². The van der Waals surface area contributed by atoms with Crippen LogP contribution in [0.1, 0.15) is 21.7 Å². The molecule has 2 aromatic heterocycles. The SMILES string of the molecule is Cc1ccc(N=c2scc(C)n2N=Cc2sccc2C)cc1. The summed E-state index contributed by atoms with van der Waals surface area (Å²) in [6.07, 6.45) is 1.91. The molecule has 0 unspecified atom stereocenters. The van der Waals surface area contributed by atoms with Crippen LogP contribution in [0.25, 0.3) is 0 Å². The predicted molar refractivity (Wildman–Crippen MR) is 95.5 cm³/mol. The molecule has 0 spiro atoms. The lowest BCUT2D eigenvalue weighted by atomic mass is 10.2. The van der Waals surface area contributed by atoms with Crippen molar-refractivity contribution in [2.24, 2.45) is 10.1 Å². The van der Waals surface area contributed by atoms with Gasteiger partial charge in [-0.1, -0.05) is 17.7 Å². The van der Waals surface area contributed by atoms with Crippen molar-refractivity contribution < 1.29 is 0 Å². The molecule has 1 aromatic carbocycles. The molecule has 0 bridgehead atoms. The number of benzene rings is 1. The van der Waals surface area contributed by atoms with Gasteiger partial charge in [-0.25, -0.2) is 9.67 Å². The number of rotatable bonds is 3. The fourth-order valence-corrected chi connectivity index (χ4v) is 3.57. The van der Waals surface area contributed by atoms with Gasteiger partial charge in [0.05, 0.1) is 22.5 Å². The summed E-state index contributed by atoms with van der Waals surface area (Å²) in [5.41, 5.74) is 4.52. The number of aryl methyl sites for hydroxylation is 3. The molecule has 0 amide bonds. The first-order valence-corrected chi connectivity index (χ1v) is 8.76. The molecule has 0 saturated heterocycles. The molecule has 0 radical (unpaired) electrons. The van der Waals surface area contributed by atoms with Crippen LogP contribution < -0.4 is 4.80 Å². The Morgan fingerprint density at radius 1 is 1.00 bits per heavy atom. The summed E-state index contributed by atoms with van der Waals surface area (Å²) in [5, 5.41) is 8.76. The molecule has 0 aliphatic carbocycles. The normalized spacial score (nSPS) is 12.4. The van der Waals surface area contributed by atoms with Gasteiger partial charge in [0.1, 0.15) is 0 Å². The number of hydrogen-bond donors (Lipinski definition) is 0. The third kappa shape index (κ3) is 3.26. The van der Waals surface area contributed by atoms with Crippen LogP contribution in [0.15, 0.2) is 51.2 Å². The molecule has 5 heteroatoms. The smallest absolute Gasteiger partial charge is 0.211 e. The molecule has 0 atom stereocenters. The van der Waals surface area contributed by atoms with E-state index in [4.69, 9.17) is 4.99 Å². The number of thiophene rings is 1. The molecule has 0 N–H and O–H groups in total. The summed E-state index contributed by atoms with van der Waals surface area (Å²) in [7, 11) is 0. The molecule has 0 aliphatic heterocycles. The lowest BCUT2D eigenvalue weighted by Gasteiger charge is -1.98. The largest absolute Gasteiger partial charge is 0.220 e. The van der Waals surface area contributed by atoms with Crippen LogP contribution in [0, 0.1) is 20.8 Å². The highest BCUT2D eigenvalue weighted by Crippen LogP contribution is 2.14.